The fraction of sp³-hybridized carbons (Fsp3) is 0.250. The molecule has 0 aliphatic carbocycles. The Kier molecular flexibility index (Phi) is 11.0. The van der Waals surface area contributed by atoms with Crippen LogP contribution in [0.3, 0.4) is 0 Å². The molecule has 2 atom stereocenters. The molecule has 4 aromatic carbocycles. The van der Waals surface area contributed by atoms with Gasteiger partial charge in [-0.2, -0.15) is 5.10 Å². The number of hydrogen-bond donors (Lipinski definition) is 4. The molecular weight excluding hydrogens is 616 g/mol. The van der Waals surface area contributed by atoms with Crippen LogP contribution in [0.5, 0.6) is 23.0 Å². The molecule has 12 heteroatoms. The summed E-state index contributed by atoms with van der Waals surface area (Å²) in [7, 11) is 2.85. The summed E-state index contributed by atoms with van der Waals surface area (Å²) in [5.74, 6) is 1.29. The van der Waals surface area contributed by atoms with E-state index in [1.54, 1.807) is 44.5 Å². The number of benzene rings is 4. The molecule has 12 nitrogen and oxygen atoms in total. The third-order valence-corrected chi connectivity index (χ3v) is 7.56. The van der Waals surface area contributed by atoms with Gasteiger partial charge >= 0.3 is 12.0 Å². The second-order valence-electron chi connectivity index (χ2n) is 10.8. The first-order valence-corrected chi connectivity index (χ1v) is 15.3. The number of nitrogens with one attached hydrogen (secondary N) is 3. The number of nitrogens with zero attached hydrogens (tertiary/aromatic N) is 1. The van der Waals surface area contributed by atoms with Crippen LogP contribution < -0.4 is 35.0 Å². The topological polar surface area (TPSA) is 149 Å². The van der Waals surface area contributed by atoms with E-state index in [0.29, 0.717) is 47.5 Å². The van der Waals surface area contributed by atoms with Crippen LogP contribution in [-0.2, 0) is 16.1 Å². The predicted molar refractivity (Wildman–Crippen MR) is 180 cm³/mol. The van der Waals surface area contributed by atoms with Gasteiger partial charge in [-0.25, -0.2) is 9.59 Å². The van der Waals surface area contributed by atoms with Crippen LogP contribution in [0, 0.1) is 0 Å². The van der Waals surface area contributed by atoms with E-state index in [2.05, 4.69) is 39.4 Å². The van der Waals surface area contributed by atoms with Crippen molar-refractivity contribution in [3.05, 3.63) is 107 Å². The van der Waals surface area contributed by atoms with Crippen LogP contribution in [0.4, 0.5) is 4.79 Å². The van der Waals surface area contributed by atoms with Crippen LogP contribution in [0.15, 0.2) is 95.2 Å². The molecule has 48 heavy (non-hydrogen) atoms. The Morgan fingerprint density at radius 2 is 1.73 bits per heavy atom. The van der Waals surface area contributed by atoms with Gasteiger partial charge in [0.05, 0.1) is 38.7 Å². The van der Waals surface area contributed by atoms with E-state index >= 15 is 0 Å². The molecular formula is C36H38N4O8. The maximum Gasteiger partial charge on any atom is 0.337 e. The van der Waals surface area contributed by atoms with Gasteiger partial charge in [0.15, 0.2) is 29.2 Å². The maximum atomic E-state index is 12.5. The van der Waals surface area contributed by atoms with E-state index in [0.717, 1.165) is 21.9 Å². The Morgan fingerprint density at radius 1 is 0.958 bits per heavy atom. The Morgan fingerprint density at radius 3 is 2.52 bits per heavy atom. The number of hydrogen-bond acceptors (Lipinski definition) is 10. The van der Waals surface area contributed by atoms with E-state index in [9.17, 15) is 14.7 Å². The monoisotopic (exact) mass is 654 g/mol. The minimum atomic E-state index is -1.15. The zero-order chi connectivity index (χ0) is 34.0. The number of allylic oxidation sites excluding steroid dienone is 1. The molecule has 250 valence electrons. The number of carbonyl (C=O) groups excluding carboxylic acids is 2. The van der Waals surface area contributed by atoms with Crippen molar-refractivity contribution in [2.75, 3.05) is 27.4 Å². The van der Waals surface area contributed by atoms with Gasteiger partial charge in [-0.1, -0.05) is 48.5 Å². The number of aliphatic hydroxyl groups excluding tert-OH is 1. The summed E-state index contributed by atoms with van der Waals surface area (Å²) in [5.41, 5.74) is 5.68. The molecule has 0 spiro atoms. The summed E-state index contributed by atoms with van der Waals surface area (Å²) < 4.78 is 28.2. The standard InChI is InChI=1S/C36H38N4O8/c1-5-46-31-18-25(34-33(35(42)45-4)22(2)38-36(43)39-34)14-16-29(31)48-21-32(41)40-37-19-23-13-15-28(30(17-23)44-3)47-20-26-11-8-10-24-9-6-7-12-27(24)26/h6-19,32,34,40-41H,5,20-21H2,1-4H3,(H2,38,39,43)/b37-19-/t32-,34-/m1/s1. The van der Waals surface area contributed by atoms with Gasteiger partial charge in [0.25, 0.3) is 0 Å². The van der Waals surface area contributed by atoms with E-state index < -0.39 is 24.3 Å². The quantitative estimate of drug-likeness (QED) is 0.0642. The number of methoxy groups -OCH3 is 2. The van der Waals surface area contributed by atoms with Crippen molar-refractivity contribution >= 4 is 29.0 Å². The van der Waals surface area contributed by atoms with Crippen LogP contribution >= 0.6 is 0 Å². The molecule has 2 amide bonds. The number of carbonyl (C=O) groups is 2. The van der Waals surface area contributed by atoms with E-state index in [-0.39, 0.29) is 12.2 Å². The molecule has 0 saturated carbocycles. The average Bonchev–Trinajstić information content (AvgIpc) is 3.09. The number of esters is 1. The summed E-state index contributed by atoms with van der Waals surface area (Å²) in [5, 5.41) is 22.3. The SMILES string of the molecule is CCOc1cc([C@H]2NC(=O)NC(C)=C2C(=O)OC)ccc1OC[C@@H](O)N/N=C\c1ccc(OCc2cccc3ccccc23)c(OC)c1. The smallest absolute Gasteiger partial charge is 0.337 e. The highest BCUT2D eigenvalue weighted by molar-refractivity contribution is 5.95. The Balaban J connectivity index is 1.19. The highest BCUT2D eigenvalue weighted by atomic mass is 16.5. The minimum absolute atomic E-state index is 0.155. The van der Waals surface area contributed by atoms with Gasteiger partial charge in [0.1, 0.15) is 13.2 Å². The molecule has 4 N–H and O–H groups in total. The normalized spacial score (nSPS) is 15.0. The van der Waals surface area contributed by atoms with Gasteiger partial charge < -0.3 is 39.4 Å². The second-order valence-corrected chi connectivity index (χ2v) is 10.8. The zero-order valence-electron chi connectivity index (χ0n) is 27.1. The lowest BCUT2D eigenvalue weighted by molar-refractivity contribution is -0.136. The average molecular weight is 655 g/mol. The van der Waals surface area contributed by atoms with Crippen molar-refractivity contribution in [3.63, 3.8) is 0 Å². The van der Waals surface area contributed by atoms with Crippen molar-refractivity contribution < 1.29 is 38.4 Å². The lowest BCUT2D eigenvalue weighted by Gasteiger charge is -2.28. The summed E-state index contributed by atoms with van der Waals surface area (Å²) in [6, 6.07) is 23.5. The Hall–Kier alpha value is -5.75. The van der Waals surface area contributed by atoms with Gasteiger partial charge in [-0.3, -0.25) is 5.43 Å². The van der Waals surface area contributed by atoms with Crippen LogP contribution in [0.2, 0.25) is 0 Å². The number of aliphatic hydroxyl groups is 1. The Labute approximate surface area is 278 Å². The molecule has 0 fully saturated rings. The lowest BCUT2D eigenvalue weighted by Crippen LogP contribution is -2.45. The number of rotatable bonds is 14. The van der Waals surface area contributed by atoms with Crippen molar-refractivity contribution in [1.29, 1.82) is 0 Å². The number of amides is 2. The van der Waals surface area contributed by atoms with Crippen molar-refractivity contribution in [2.45, 2.75) is 32.7 Å². The summed E-state index contributed by atoms with van der Waals surface area (Å²) in [6.45, 7) is 4.00. The van der Waals surface area contributed by atoms with Crippen molar-refractivity contribution in [3.8, 4) is 23.0 Å². The molecule has 5 rings (SSSR count). The summed E-state index contributed by atoms with van der Waals surface area (Å²) in [4.78, 5) is 24.7. The third kappa shape index (κ3) is 7.96. The number of hydrazone groups is 1. The van der Waals surface area contributed by atoms with Gasteiger partial charge in [0.2, 0.25) is 0 Å². The van der Waals surface area contributed by atoms with Crippen molar-refractivity contribution in [2.24, 2.45) is 5.10 Å². The maximum absolute atomic E-state index is 12.5. The Bertz CT molecular complexity index is 1840. The molecule has 0 bridgehead atoms. The zero-order valence-corrected chi connectivity index (χ0v) is 27.1. The summed E-state index contributed by atoms with van der Waals surface area (Å²) >= 11 is 0. The minimum Gasteiger partial charge on any atom is -0.493 e. The fourth-order valence-corrected chi connectivity index (χ4v) is 5.28. The van der Waals surface area contributed by atoms with E-state index in [1.165, 1.54) is 7.11 Å². The first kappa shape index (κ1) is 33.6. The van der Waals surface area contributed by atoms with E-state index in [4.69, 9.17) is 23.7 Å². The van der Waals surface area contributed by atoms with Crippen LogP contribution in [-0.4, -0.2) is 57.0 Å². The highest BCUT2D eigenvalue weighted by Gasteiger charge is 2.32. The van der Waals surface area contributed by atoms with Crippen LogP contribution in [0.25, 0.3) is 10.8 Å². The molecule has 1 aliphatic rings. The second kappa shape index (κ2) is 15.7. The van der Waals surface area contributed by atoms with Crippen molar-refractivity contribution in [1.82, 2.24) is 16.1 Å². The molecule has 1 heterocycles. The van der Waals surface area contributed by atoms with Gasteiger partial charge in [-0.05, 0) is 71.6 Å². The molecule has 0 saturated heterocycles. The van der Waals surface area contributed by atoms with Gasteiger partial charge in [-0.15, -0.1) is 0 Å². The lowest BCUT2D eigenvalue weighted by atomic mass is 9.95. The van der Waals surface area contributed by atoms with E-state index in [1.807, 2.05) is 43.3 Å². The molecule has 1 aliphatic heterocycles. The fourth-order valence-electron chi connectivity index (χ4n) is 5.28. The van der Waals surface area contributed by atoms with Gasteiger partial charge in [0, 0.05) is 5.70 Å². The first-order chi connectivity index (χ1) is 23.3. The number of fused-ring (bicyclic) bond motifs is 1. The number of urea groups is 1. The molecule has 0 aromatic heterocycles. The third-order valence-electron chi connectivity index (χ3n) is 7.56. The first-order valence-electron chi connectivity index (χ1n) is 15.3. The predicted octanol–water partition coefficient (Wildman–Crippen LogP) is 4.95. The largest absolute Gasteiger partial charge is 0.493 e. The molecule has 0 radical (unpaired) electrons. The van der Waals surface area contributed by atoms with Crippen LogP contribution in [0.1, 0.15) is 36.6 Å². The molecule has 0 unspecified atom stereocenters. The molecule has 4 aromatic rings. The highest BCUT2D eigenvalue weighted by Crippen LogP contribution is 2.35. The summed E-state index contributed by atoms with van der Waals surface area (Å²) in [6.07, 6.45) is 0.392. The number of ether oxygens (including phenoxy) is 5.